The van der Waals surface area contributed by atoms with Gasteiger partial charge in [-0.05, 0) is 68.5 Å². The van der Waals surface area contributed by atoms with Gasteiger partial charge < -0.3 is 15.5 Å². The summed E-state index contributed by atoms with van der Waals surface area (Å²) >= 11 is 0. The van der Waals surface area contributed by atoms with Gasteiger partial charge in [0, 0.05) is 49.2 Å². The fourth-order valence-corrected chi connectivity index (χ4v) is 5.45. The first-order valence-corrected chi connectivity index (χ1v) is 12.6. The van der Waals surface area contributed by atoms with Gasteiger partial charge >= 0.3 is 0 Å². The fourth-order valence-electron chi connectivity index (χ4n) is 5.45. The van der Waals surface area contributed by atoms with Gasteiger partial charge in [0.15, 0.2) is 0 Å². The molecule has 0 spiro atoms. The molecule has 0 bridgehead atoms. The van der Waals surface area contributed by atoms with Crippen LogP contribution in [0, 0.1) is 11.7 Å². The minimum absolute atomic E-state index is 0.00357. The van der Waals surface area contributed by atoms with E-state index in [1.807, 2.05) is 0 Å². The van der Waals surface area contributed by atoms with Gasteiger partial charge in [-0.25, -0.2) is 9.82 Å². The maximum absolute atomic E-state index is 14.6. The molecule has 2 aromatic rings. The lowest BCUT2D eigenvalue weighted by Crippen LogP contribution is -2.67. The molecule has 36 heavy (non-hydrogen) atoms. The van der Waals surface area contributed by atoms with Crippen molar-refractivity contribution in [3.05, 3.63) is 65.2 Å². The maximum atomic E-state index is 14.6. The van der Waals surface area contributed by atoms with E-state index in [1.165, 1.54) is 6.07 Å². The number of benzene rings is 1. The predicted octanol–water partition coefficient (Wildman–Crippen LogP) is 1.17. The van der Waals surface area contributed by atoms with Crippen LogP contribution in [-0.4, -0.2) is 65.4 Å². The number of hydrogen-bond donors (Lipinski definition) is 4. The van der Waals surface area contributed by atoms with E-state index in [0.29, 0.717) is 37.9 Å². The largest absolute Gasteiger partial charge is 0.349 e. The van der Waals surface area contributed by atoms with E-state index in [4.69, 9.17) is 0 Å². The molecular formula is C26H31FN6O3. The molecule has 4 N–H and O–H groups in total. The van der Waals surface area contributed by atoms with Crippen molar-refractivity contribution in [2.24, 2.45) is 5.92 Å². The first kappa shape index (κ1) is 24.3. The van der Waals surface area contributed by atoms with Gasteiger partial charge in [0.05, 0.1) is 11.5 Å². The molecule has 10 heteroatoms. The van der Waals surface area contributed by atoms with E-state index in [-0.39, 0.29) is 41.4 Å². The summed E-state index contributed by atoms with van der Waals surface area (Å²) in [6, 6.07) is 7.79. The zero-order valence-corrected chi connectivity index (χ0v) is 20.0. The van der Waals surface area contributed by atoms with Gasteiger partial charge in [-0.3, -0.25) is 24.8 Å². The number of pyridine rings is 1. The Morgan fingerprint density at radius 3 is 2.67 bits per heavy atom. The van der Waals surface area contributed by atoms with E-state index >= 15 is 0 Å². The molecule has 0 radical (unpaired) electrons. The van der Waals surface area contributed by atoms with Gasteiger partial charge in [0.2, 0.25) is 5.91 Å². The highest BCUT2D eigenvalue weighted by molar-refractivity contribution is 5.95. The average molecular weight is 495 g/mol. The Morgan fingerprint density at radius 2 is 1.89 bits per heavy atom. The second kappa shape index (κ2) is 10.7. The SMILES string of the molecule is O=C(NC1CCN(C(=O)c2ccncc2)CC1)c1cc(CC2NNC(=O)C3CCCNC23)ccc1F. The normalized spacial score (nSPS) is 24.5. The number of fused-ring (bicyclic) bond motifs is 1. The molecule has 4 heterocycles. The third-order valence-electron chi connectivity index (χ3n) is 7.43. The van der Waals surface area contributed by atoms with Crippen molar-refractivity contribution in [1.29, 1.82) is 0 Å². The molecule has 3 aliphatic heterocycles. The molecule has 5 rings (SSSR count). The number of piperidine rings is 2. The molecule has 3 atom stereocenters. The predicted molar refractivity (Wildman–Crippen MR) is 130 cm³/mol. The minimum Gasteiger partial charge on any atom is -0.349 e. The summed E-state index contributed by atoms with van der Waals surface area (Å²) in [5, 5.41) is 6.38. The molecule has 3 unspecified atom stereocenters. The molecule has 0 saturated carbocycles. The Kier molecular flexibility index (Phi) is 7.24. The quantitative estimate of drug-likeness (QED) is 0.496. The van der Waals surface area contributed by atoms with Gasteiger partial charge in [0.1, 0.15) is 5.82 Å². The molecule has 0 aliphatic carbocycles. The highest BCUT2D eigenvalue weighted by atomic mass is 19.1. The zero-order valence-electron chi connectivity index (χ0n) is 20.0. The minimum atomic E-state index is -0.569. The van der Waals surface area contributed by atoms with E-state index in [9.17, 15) is 18.8 Å². The molecule has 3 fully saturated rings. The fraction of sp³-hybridized carbons (Fsp3) is 0.462. The van der Waals surface area contributed by atoms with E-state index in [0.717, 1.165) is 24.9 Å². The van der Waals surface area contributed by atoms with Crippen LogP contribution < -0.4 is 21.5 Å². The van der Waals surface area contributed by atoms with E-state index in [2.05, 4.69) is 26.5 Å². The molecule has 9 nitrogen and oxygen atoms in total. The zero-order chi connectivity index (χ0) is 25.1. The molecule has 1 aromatic heterocycles. The Bertz CT molecular complexity index is 1120. The van der Waals surface area contributed by atoms with Crippen LogP contribution in [0.25, 0.3) is 0 Å². The van der Waals surface area contributed by atoms with Crippen molar-refractivity contribution in [3.63, 3.8) is 0 Å². The van der Waals surface area contributed by atoms with Gasteiger partial charge in [-0.15, -0.1) is 0 Å². The van der Waals surface area contributed by atoms with Crippen molar-refractivity contribution >= 4 is 17.7 Å². The standard InChI is InChI=1S/C26H31FN6O3/c27-21-4-3-16(15-22-23-19(2-1-9-29-23)25(35)32-31-22)14-20(21)24(34)30-18-7-12-33(13-8-18)26(36)17-5-10-28-11-6-17/h3-6,10-11,14,18-19,22-23,29,31H,1-2,7-9,12-13,15H2,(H,30,34)(H,32,35). The summed E-state index contributed by atoms with van der Waals surface area (Å²) in [4.78, 5) is 43.5. The monoisotopic (exact) mass is 494 g/mol. The third-order valence-corrected chi connectivity index (χ3v) is 7.43. The summed E-state index contributed by atoms with van der Waals surface area (Å²) in [6.07, 6.45) is 6.73. The van der Waals surface area contributed by atoms with Crippen LogP contribution in [-0.2, 0) is 11.2 Å². The second-order valence-corrected chi connectivity index (χ2v) is 9.76. The second-order valence-electron chi connectivity index (χ2n) is 9.76. The van der Waals surface area contributed by atoms with Crippen molar-refractivity contribution in [3.8, 4) is 0 Å². The molecular weight excluding hydrogens is 463 g/mol. The number of rotatable bonds is 5. The lowest BCUT2D eigenvalue weighted by molar-refractivity contribution is -0.131. The summed E-state index contributed by atoms with van der Waals surface area (Å²) in [5.74, 6) is -1.17. The summed E-state index contributed by atoms with van der Waals surface area (Å²) in [5.41, 5.74) is 7.26. The topological polar surface area (TPSA) is 115 Å². The molecule has 3 saturated heterocycles. The highest BCUT2D eigenvalue weighted by Gasteiger charge is 2.40. The number of hydrazine groups is 1. The number of nitrogens with one attached hydrogen (secondary N) is 4. The molecule has 3 aliphatic rings. The number of likely N-dealkylation sites (tertiary alicyclic amines) is 1. The number of aromatic nitrogens is 1. The van der Waals surface area contributed by atoms with Crippen molar-refractivity contribution < 1.29 is 18.8 Å². The highest BCUT2D eigenvalue weighted by Crippen LogP contribution is 2.24. The van der Waals surface area contributed by atoms with Gasteiger partial charge in [-0.2, -0.15) is 0 Å². The number of carbonyl (C=O) groups excluding carboxylic acids is 3. The van der Waals surface area contributed by atoms with E-state index < -0.39 is 11.7 Å². The smallest absolute Gasteiger partial charge is 0.254 e. The lowest BCUT2D eigenvalue weighted by atomic mass is 9.82. The maximum Gasteiger partial charge on any atom is 0.254 e. The first-order valence-electron chi connectivity index (χ1n) is 12.6. The Morgan fingerprint density at radius 1 is 1.11 bits per heavy atom. The van der Waals surface area contributed by atoms with Crippen molar-refractivity contribution in [1.82, 2.24) is 31.4 Å². The van der Waals surface area contributed by atoms with Crippen LogP contribution in [0.2, 0.25) is 0 Å². The van der Waals surface area contributed by atoms with Crippen LogP contribution in [0.4, 0.5) is 4.39 Å². The summed E-state index contributed by atoms with van der Waals surface area (Å²) in [7, 11) is 0. The number of carbonyl (C=O) groups is 3. The summed E-state index contributed by atoms with van der Waals surface area (Å²) < 4.78 is 14.6. The van der Waals surface area contributed by atoms with E-state index in [1.54, 1.807) is 41.6 Å². The van der Waals surface area contributed by atoms with Crippen LogP contribution in [0.5, 0.6) is 0 Å². The first-order chi connectivity index (χ1) is 17.5. The van der Waals surface area contributed by atoms with Crippen LogP contribution in [0.3, 0.4) is 0 Å². The van der Waals surface area contributed by atoms with Gasteiger partial charge in [0.25, 0.3) is 11.8 Å². The Balaban J connectivity index is 1.19. The number of halogens is 1. The third kappa shape index (κ3) is 5.24. The van der Waals surface area contributed by atoms with Crippen molar-refractivity contribution in [2.45, 2.75) is 50.2 Å². The summed E-state index contributed by atoms with van der Waals surface area (Å²) in [6.45, 7) is 1.89. The number of amides is 3. The molecule has 190 valence electrons. The lowest BCUT2D eigenvalue weighted by Gasteiger charge is -2.41. The van der Waals surface area contributed by atoms with Crippen LogP contribution in [0.15, 0.2) is 42.7 Å². The Labute approximate surface area is 209 Å². The number of hydrogen-bond acceptors (Lipinski definition) is 6. The van der Waals surface area contributed by atoms with Crippen LogP contribution >= 0.6 is 0 Å². The number of nitrogens with zero attached hydrogens (tertiary/aromatic N) is 2. The van der Waals surface area contributed by atoms with Gasteiger partial charge in [-0.1, -0.05) is 6.07 Å². The molecule has 1 aromatic carbocycles. The van der Waals surface area contributed by atoms with Crippen LogP contribution in [0.1, 0.15) is 52.0 Å². The molecule has 3 amide bonds. The van der Waals surface area contributed by atoms with Crippen molar-refractivity contribution in [2.75, 3.05) is 19.6 Å². The Hall–Kier alpha value is -3.37. The average Bonchev–Trinajstić information content (AvgIpc) is 2.92.